The molecule has 3 rings (SSSR count). The van der Waals surface area contributed by atoms with Crippen LogP contribution in [-0.4, -0.2) is 61.0 Å². The molecule has 3 aromatic rings. The Hall–Kier alpha value is -4.27. The fraction of sp³-hybridized carbons (Fsp3) is 0. The molecule has 0 saturated carbocycles. The number of fused-ring (bicyclic) bond motifs is 1. The summed E-state index contributed by atoms with van der Waals surface area (Å²) in [6.45, 7) is 0. The maximum Gasteiger partial charge on any atom is 0.329 e. The number of nitrogens with zero attached hydrogens (tertiary/aromatic N) is 2. The molecule has 0 unspecified atom stereocenters. The van der Waals surface area contributed by atoms with E-state index in [0.717, 1.165) is 12.1 Å². The van der Waals surface area contributed by atoms with Gasteiger partial charge in [0.15, 0.2) is 5.75 Å². The predicted molar refractivity (Wildman–Crippen MR) is 130 cm³/mol. The minimum atomic E-state index is -5.27. The highest BCUT2D eigenvalue weighted by Crippen LogP contribution is 2.44. The van der Waals surface area contributed by atoms with Crippen LogP contribution in [0.25, 0.3) is 10.8 Å². The van der Waals surface area contributed by atoms with Gasteiger partial charge >= 0.3 is 5.97 Å². The van der Waals surface area contributed by atoms with Gasteiger partial charge in [0.2, 0.25) is 0 Å². The number of rotatable bonds is 8. The molecule has 0 bridgehead atoms. The molecule has 3 aromatic carbocycles. The van der Waals surface area contributed by atoms with Gasteiger partial charge in [-0.15, -0.1) is 10.2 Å². The first-order chi connectivity index (χ1) is 17.9. The van der Waals surface area contributed by atoms with Crippen molar-refractivity contribution >= 4 is 64.4 Å². The maximum absolute atomic E-state index is 12.7. The van der Waals surface area contributed by atoms with Crippen molar-refractivity contribution in [2.75, 3.05) is 0 Å². The number of azo groups is 1. The van der Waals surface area contributed by atoms with Crippen LogP contribution in [0.2, 0.25) is 0 Å². The molecule has 39 heavy (non-hydrogen) atoms. The van der Waals surface area contributed by atoms with Gasteiger partial charge < -0.3 is 15.5 Å². The number of amides is 1. The Labute approximate surface area is 219 Å². The Morgan fingerprint density at radius 3 is 2.00 bits per heavy atom. The zero-order valence-corrected chi connectivity index (χ0v) is 21.3. The van der Waals surface area contributed by atoms with Gasteiger partial charge in [-0.3, -0.25) is 18.5 Å². The molecule has 0 aliphatic carbocycles. The number of carboxylic acids is 1. The number of aliphatic carboxylic acids is 1. The highest BCUT2D eigenvalue weighted by Gasteiger charge is 2.27. The summed E-state index contributed by atoms with van der Waals surface area (Å²) in [5.74, 6) is -3.89. The minimum absolute atomic E-state index is 0.495. The van der Waals surface area contributed by atoms with E-state index in [-0.39, 0.29) is 0 Å². The number of carboxylic acid groups (broad SMARTS) is 1. The first-order valence-corrected chi connectivity index (χ1v) is 14.2. The maximum atomic E-state index is 12.7. The van der Waals surface area contributed by atoms with Crippen molar-refractivity contribution in [3.8, 4) is 5.75 Å². The summed E-state index contributed by atoms with van der Waals surface area (Å²) >= 11 is 0. The Kier molecular flexibility index (Phi) is 7.87. The molecule has 206 valence electrons. The van der Waals surface area contributed by atoms with E-state index in [2.05, 4.69) is 10.2 Å². The van der Waals surface area contributed by atoms with Crippen LogP contribution in [-0.2, 0) is 35.1 Å². The summed E-state index contributed by atoms with van der Waals surface area (Å²) in [6.07, 6.45) is 1.14. The lowest BCUT2D eigenvalue weighted by atomic mass is 10.0. The highest BCUT2D eigenvalue weighted by atomic mass is 32.2. The number of nitrogens with one attached hydrogen (secondary N) is 1. The van der Waals surface area contributed by atoms with Gasteiger partial charge in [-0.25, -0.2) is 4.79 Å². The molecule has 1 amide bonds. The second-order valence-corrected chi connectivity index (χ2v) is 11.6. The Morgan fingerprint density at radius 2 is 1.44 bits per heavy atom. The van der Waals surface area contributed by atoms with Crippen LogP contribution in [0.1, 0.15) is 10.4 Å². The van der Waals surface area contributed by atoms with Gasteiger partial charge in [0.05, 0.1) is 10.5 Å². The first-order valence-electron chi connectivity index (χ1n) is 9.88. The van der Waals surface area contributed by atoms with E-state index >= 15 is 0 Å². The average molecular weight is 602 g/mol. The smallest absolute Gasteiger partial charge is 0.329 e. The number of aromatic hydroxyl groups is 1. The summed E-state index contributed by atoms with van der Waals surface area (Å²) in [7, 11) is -15.1. The molecule has 0 atom stereocenters. The average Bonchev–Trinajstić information content (AvgIpc) is 2.80. The van der Waals surface area contributed by atoms with Crippen LogP contribution in [0.5, 0.6) is 5.75 Å². The van der Waals surface area contributed by atoms with Gasteiger partial charge in [-0.2, -0.15) is 25.3 Å². The molecule has 0 radical (unpaired) electrons. The van der Waals surface area contributed by atoms with E-state index < -0.39 is 90.4 Å². The van der Waals surface area contributed by atoms with E-state index in [1.54, 1.807) is 0 Å². The SMILES string of the molecule is O=C(O)C=CNC(=O)c1cc(S(=O)(=O)O)cc2cc(S(=O)(=O)O)c(N=Nc3ccccc3S(=O)(=O)O)c(O)c12. The van der Waals surface area contributed by atoms with Crippen LogP contribution in [0.15, 0.2) is 79.7 Å². The normalized spacial score (nSPS) is 12.8. The largest absolute Gasteiger partial charge is 0.505 e. The van der Waals surface area contributed by atoms with Gasteiger partial charge in [0.25, 0.3) is 36.3 Å². The second kappa shape index (κ2) is 10.5. The van der Waals surface area contributed by atoms with Gasteiger partial charge in [0.1, 0.15) is 21.2 Å². The minimum Gasteiger partial charge on any atom is -0.505 e. The number of benzene rings is 3. The lowest BCUT2D eigenvalue weighted by Crippen LogP contribution is -2.18. The molecule has 0 heterocycles. The molecule has 6 N–H and O–H groups in total. The molecule has 0 aliphatic heterocycles. The van der Waals surface area contributed by atoms with Crippen LogP contribution in [0.3, 0.4) is 0 Å². The number of carbonyl (C=O) groups excluding carboxylic acids is 1. The van der Waals surface area contributed by atoms with E-state index in [4.69, 9.17) is 5.11 Å². The third-order valence-electron chi connectivity index (χ3n) is 4.79. The van der Waals surface area contributed by atoms with Crippen molar-refractivity contribution < 1.29 is 58.7 Å². The molecule has 0 aromatic heterocycles. The summed E-state index contributed by atoms with van der Waals surface area (Å²) < 4.78 is 99.5. The number of phenols is 1. The van der Waals surface area contributed by atoms with E-state index in [1.807, 2.05) is 5.32 Å². The van der Waals surface area contributed by atoms with Crippen molar-refractivity contribution in [3.63, 3.8) is 0 Å². The second-order valence-electron chi connectivity index (χ2n) is 7.38. The molecule has 0 aliphatic rings. The Balaban J connectivity index is 2.41. The van der Waals surface area contributed by atoms with Crippen molar-refractivity contribution in [2.45, 2.75) is 14.7 Å². The van der Waals surface area contributed by atoms with Gasteiger partial charge in [-0.05, 0) is 35.7 Å². The van der Waals surface area contributed by atoms with E-state index in [1.165, 1.54) is 12.1 Å². The van der Waals surface area contributed by atoms with Crippen molar-refractivity contribution in [2.24, 2.45) is 10.2 Å². The van der Waals surface area contributed by atoms with Gasteiger partial charge in [0, 0.05) is 17.7 Å². The van der Waals surface area contributed by atoms with Crippen molar-refractivity contribution in [1.82, 2.24) is 5.32 Å². The van der Waals surface area contributed by atoms with E-state index in [0.29, 0.717) is 30.5 Å². The standard InChI is InChI=1S/C20H15N3O13S3/c24-16(25)5-6-21-20(27)12-9-11(37(28,29)30)7-10-8-15(39(34,35)36)18(19(26)17(10)12)23-22-13-3-1-2-4-14(13)38(31,32)33/h1-9,26H,(H,21,27)(H,24,25)(H,28,29,30)(H,31,32,33)(H,34,35,36). The van der Waals surface area contributed by atoms with Crippen molar-refractivity contribution in [3.05, 3.63) is 60.3 Å². The Bertz CT molecular complexity index is 1910. The molecule has 16 nitrogen and oxygen atoms in total. The van der Waals surface area contributed by atoms with Crippen LogP contribution >= 0.6 is 0 Å². The number of hydrogen-bond acceptors (Lipinski definition) is 11. The number of hydrogen-bond donors (Lipinski definition) is 6. The molecule has 0 spiro atoms. The van der Waals surface area contributed by atoms with Crippen molar-refractivity contribution in [1.29, 1.82) is 0 Å². The summed E-state index contributed by atoms with van der Waals surface area (Å²) in [4.78, 5) is 20.5. The summed E-state index contributed by atoms with van der Waals surface area (Å²) in [6, 6.07) is 6.26. The number of phenolic OH excluding ortho intramolecular Hbond substituents is 1. The first kappa shape index (κ1) is 29.3. The highest BCUT2D eigenvalue weighted by molar-refractivity contribution is 7.86. The molecule has 0 fully saturated rings. The topological polar surface area (TPSA) is 274 Å². The third-order valence-corrected chi connectivity index (χ3v) is 7.38. The fourth-order valence-corrected chi connectivity index (χ4v) is 5.03. The zero-order chi connectivity index (χ0) is 29.3. The Morgan fingerprint density at radius 1 is 0.821 bits per heavy atom. The molecular formula is C20H15N3O13S3. The molecule has 0 saturated heterocycles. The van der Waals surface area contributed by atoms with Crippen LogP contribution < -0.4 is 5.32 Å². The summed E-state index contributed by atoms with van der Waals surface area (Å²) in [5, 5.41) is 27.5. The van der Waals surface area contributed by atoms with Crippen LogP contribution in [0, 0.1) is 0 Å². The van der Waals surface area contributed by atoms with E-state index in [9.17, 15) is 53.6 Å². The summed E-state index contributed by atoms with van der Waals surface area (Å²) in [5.41, 5.74) is -2.30. The molecular weight excluding hydrogens is 586 g/mol. The lowest BCUT2D eigenvalue weighted by Gasteiger charge is -2.13. The lowest BCUT2D eigenvalue weighted by molar-refractivity contribution is -0.131. The monoisotopic (exact) mass is 601 g/mol. The fourth-order valence-electron chi connectivity index (χ4n) is 3.21. The number of carbonyl (C=O) groups is 2. The van der Waals surface area contributed by atoms with Crippen LogP contribution in [0.4, 0.5) is 11.4 Å². The molecule has 19 heteroatoms. The van der Waals surface area contributed by atoms with Gasteiger partial charge in [-0.1, -0.05) is 12.1 Å². The quantitative estimate of drug-likeness (QED) is 0.123. The zero-order valence-electron chi connectivity index (χ0n) is 18.8. The third kappa shape index (κ3) is 6.60. The predicted octanol–water partition coefficient (Wildman–Crippen LogP) is 2.03.